The molecule has 3 aliphatic heterocycles. The zero-order valence-corrected chi connectivity index (χ0v) is 19.9. The number of likely N-dealkylation sites (tertiary alicyclic amines) is 1. The highest BCUT2D eigenvalue weighted by Crippen LogP contribution is 2.62. The predicted octanol–water partition coefficient (Wildman–Crippen LogP) is 2.89. The van der Waals surface area contributed by atoms with E-state index < -0.39 is 27.8 Å². The summed E-state index contributed by atoms with van der Waals surface area (Å²) < 4.78 is 0.586. The van der Waals surface area contributed by atoms with Crippen molar-refractivity contribution in [2.24, 2.45) is 5.92 Å². The van der Waals surface area contributed by atoms with Gasteiger partial charge < -0.3 is 15.1 Å². The molecule has 0 bridgehead atoms. The highest BCUT2D eigenvalue weighted by atomic mass is 32.2. The van der Waals surface area contributed by atoms with E-state index in [9.17, 15) is 29.9 Å². The maximum atomic E-state index is 13.1. The van der Waals surface area contributed by atoms with E-state index in [1.165, 1.54) is 53.4 Å². The van der Waals surface area contributed by atoms with Gasteiger partial charge in [0.1, 0.15) is 4.87 Å². The first-order valence-corrected chi connectivity index (χ1v) is 12.9. The van der Waals surface area contributed by atoms with Crippen LogP contribution in [0.1, 0.15) is 31.7 Å². The van der Waals surface area contributed by atoms with Crippen molar-refractivity contribution in [1.29, 1.82) is 0 Å². The summed E-state index contributed by atoms with van der Waals surface area (Å²) >= 11 is 2.79. The number of amides is 1. The lowest BCUT2D eigenvalue weighted by molar-refractivity contribution is -0.384. The summed E-state index contributed by atoms with van der Waals surface area (Å²) in [7, 11) is 0. The molecule has 3 heterocycles. The van der Waals surface area contributed by atoms with Gasteiger partial charge in [0.25, 0.3) is 5.69 Å². The van der Waals surface area contributed by atoms with Crippen molar-refractivity contribution in [3.8, 4) is 0 Å². The van der Waals surface area contributed by atoms with Crippen LogP contribution in [-0.4, -0.2) is 73.2 Å². The van der Waals surface area contributed by atoms with Gasteiger partial charge in [0.15, 0.2) is 5.70 Å². The number of rotatable bonds is 10. The van der Waals surface area contributed by atoms with Gasteiger partial charge in [-0.3, -0.25) is 19.8 Å². The number of thioether (sulfide) groups is 2. The minimum absolute atomic E-state index is 0.0158. The molecule has 4 rings (SSSR count). The molecule has 2 fully saturated rings. The fourth-order valence-electron chi connectivity index (χ4n) is 4.81. The Morgan fingerprint density at radius 2 is 2.00 bits per heavy atom. The molecule has 2 saturated heterocycles. The number of carboxylic acid groups (broad SMARTS) is 1. The lowest BCUT2D eigenvalue weighted by Gasteiger charge is -2.54. The molecule has 9 nitrogen and oxygen atoms in total. The lowest BCUT2D eigenvalue weighted by atomic mass is 9.77. The number of carbonyl (C=O) groups is 2. The molecule has 1 aromatic rings. The number of aliphatic hydroxyl groups excluding tert-OH is 1. The van der Waals surface area contributed by atoms with E-state index in [4.69, 9.17) is 0 Å². The molecule has 33 heavy (non-hydrogen) atoms. The Morgan fingerprint density at radius 1 is 1.33 bits per heavy atom. The first-order chi connectivity index (χ1) is 15.8. The molecule has 3 aliphatic rings. The lowest BCUT2D eigenvalue weighted by Crippen LogP contribution is -2.71. The van der Waals surface area contributed by atoms with Crippen molar-refractivity contribution >= 4 is 41.1 Å². The quantitative estimate of drug-likeness (QED) is 0.288. The zero-order valence-electron chi connectivity index (χ0n) is 18.3. The average Bonchev–Trinajstić information content (AvgIpc) is 3.39. The first kappa shape index (κ1) is 24.1. The maximum absolute atomic E-state index is 13.1. The monoisotopic (exact) mass is 493 g/mol. The van der Waals surface area contributed by atoms with Crippen LogP contribution >= 0.6 is 23.5 Å². The number of carbonyl (C=O) groups excluding carboxylic acids is 1. The summed E-state index contributed by atoms with van der Waals surface area (Å²) in [6, 6.07) is 6.06. The topological polar surface area (TPSA) is 124 Å². The molecule has 11 heteroatoms. The van der Waals surface area contributed by atoms with Crippen LogP contribution < -0.4 is 0 Å². The molecule has 1 aromatic carbocycles. The Bertz CT molecular complexity index is 979. The van der Waals surface area contributed by atoms with Crippen LogP contribution in [0.4, 0.5) is 5.69 Å². The molecule has 0 aromatic heterocycles. The number of carboxylic acids is 1. The Kier molecular flexibility index (Phi) is 7.04. The first-order valence-electron chi connectivity index (χ1n) is 11.1. The van der Waals surface area contributed by atoms with E-state index in [0.29, 0.717) is 10.7 Å². The van der Waals surface area contributed by atoms with Crippen LogP contribution in [0, 0.1) is 16.0 Å². The minimum Gasteiger partial charge on any atom is -0.477 e. The Morgan fingerprint density at radius 3 is 2.58 bits per heavy atom. The summed E-state index contributed by atoms with van der Waals surface area (Å²) in [5, 5.41) is 31.6. The predicted molar refractivity (Wildman–Crippen MR) is 127 cm³/mol. The number of fused-ring (bicyclic) bond motifs is 1. The van der Waals surface area contributed by atoms with Gasteiger partial charge in [0.2, 0.25) is 5.91 Å². The number of nitrogens with zero attached hydrogens (tertiary/aromatic N) is 3. The van der Waals surface area contributed by atoms with E-state index >= 15 is 0 Å². The van der Waals surface area contributed by atoms with Crippen molar-refractivity contribution in [1.82, 2.24) is 9.80 Å². The van der Waals surface area contributed by atoms with Gasteiger partial charge in [0, 0.05) is 30.9 Å². The van der Waals surface area contributed by atoms with Gasteiger partial charge in [-0.15, -0.1) is 11.8 Å². The molecule has 1 amide bonds. The third-order valence-electron chi connectivity index (χ3n) is 6.49. The summed E-state index contributed by atoms with van der Waals surface area (Å²) in [6.45, 7) is 4.75. The standard InChI is InChI=1S/C22H27N3O6S2/c1-2-16(26)17-19(27)24-18(20(28)29)21(32-12-11-23-9-3-4-10-23)33-22(17,24)13-14-5-7-15(8-6-14)25(30)31/h5-8,16-17,26H,2-4,9-13H2,1H3,(H,28,29)/t16-,17+,22+/m0/s1. The van der Waals surface area contributed by atoms with E-state index in [0.717, 1.165) is 31.0 Å². The molecule has 0 spiro atoms. The van der Waals surface area contributed by atoms with Crippen molar-refractivity contribution in [3.05, 3.63) is 49.9 Å². The van der Waals surface area contributed by atoms with Crippen molar-refractivity contribution in [3.63, 3.8) is 0 Å². The smallest absolute Gasteiger partial charge is 0.354 e. The van der Waals surface area contributed by atoms with Crippen LogP contribution in [0.3, 0.4) is 0 Å². The number of β-lactam (4-membered cyclic amide) rings is 1. The molecule has 0 saturated carbocycles. The second-order valence-electron chi connectivity index (χ2n) is 8.51. The van der Waals surface area contributed by atoms with Crippen LogP contribution in [0.5, 0.6) is 0 Å². The average molecular weight is 494 g/mol. The van der Waals surface area contributed by atoms with Gasteiger partial charge in [-0.25, -0.2) is 4.79 Å². The van der Waals surface area contributed by atoms with Gasteiger partial charge >= 0.3 is 5.97 Å². The van der Waals surface area contributed by atoms with Gasteiger partial charge in [-0.2, -0.15) is 0 Å². The van der Waals surface area contributed by atoms with E-state index in [1.54, 1.807) is 19.1 Å². The van der Waals surface area contributed by atoms with Crippen molar-refractivity contribution in [2.75, 3.05) is 25.4 Å². The number of benzene rings is 1. The summed E-state index contributed by atoms with van der Waals surface area (Å²) in [5.41, 5.74) is 0.689. The fourth-order valence-corrected chi connectivity index (χ4v) is 8.07. The number of hydrogen-bond acceptors (Lipinski definition) is 8. The minimum atomic E-state index is -1.16. The molecule has 3 atom stereocenters. The fraction of sp³-hybridized carbons (Fsp3) is 0.545. The maximum Gasteiger partial charge on any atom is 0.354 e. The van der Waals surface area contributed by atoms with E-state index in [-0.39, 0.29) is 23.7 Å². The second kappa shape index (κ2) is 9.65. The molecule has 0 radical (unpaired) electrons. The summed E-state index contributed by atoms with van der Waals surface area (Å²) in [4.78, 5) is 38.5. The van der Waals surface area contributed by atoms with Crippen LogP contribution in [0.2, 0.25) is 0 Å². The zero-order chi connectivity index (χ0) is 23.8. The van der Waals surface area contributed by atoms with Gasteiger partial charge in [-0.05, 0) is 37.9 Å². The Hall–Kier alpha value is -2.08. The SMILES string of the molecule is CC[C@H](O)[C@@H]1C(=O)N2C(C(=O)O)=C(SCCN3CCCC3)S[C@]12Cc1ccc([N+](=O)[O-])cc1. The van der Waals surface area contributed by atoms with Gasteiger partial charge in [-0.1, -0.05) is 30.8 Å². The third kappa shape index (κ3) is 4.39. The number of nitro groups is 1. The van der Waals surface area contributed by atoms with Gasteiger partial charge in [0.05, 0.1) is 21.2 Å². The normalized spacial score (nSPS) is 25.8. The van der Waals surface area contributed by atoms with Crippen LogP contribution in [-0.2, 0) is 16.0 Å². The molecular weight excluding hydrogens is 466 g/mol. The number of hydrogen-bond donors (Lipinski definition) is 2. The highest BCUT2D eigenvalue weighted by Gasteiger charge is 2.68. The van der Waals surface area contributed by atoms with Crippen molar-refractivity contribution in [2.45, 2.75) is 43.6 Å². The Labute approximate surface area is 200 Å². The Balaban J connectivity index is 1.60. The molecule has 0 unspecified atom stereocenters. The largest absolute Gasteiger partial charge is 0.477 e. The molecule has 178 valence electrons. The van der Waals surface area contributed by atoms with Crippen LogP contribution in [0.25, 0.3) is 0 Å². The third-order valence-corrected chi connectivity index (χ3v) is 9.25. The summed E-state index contributed by atoms with van der Waals surface area (Å²) in [6.07, 6.45) is 2.12. The van der Waals surface area contributed by atoms with E-state index in [2.05, 4.69) is 4.90 Å². The highest BCUT2D eigenvalue weighted by molar-refractivity contribution is 8.23. The van der Waals surface area contributed by atoms with Crippen molar-refractivity contribution < 1.29 is 24.7 Å². The number of non-ortho nitro benzene ring substituents is 1. The number of nitro benzene ring substituents is 1. The molecular formula is C22H27N3O6S2. The number of aliphatic hydroxyl groups is 1. The van der Waals surface area contributed by atoms with E-state index in [1.807, 2.05) is 0 Å². The molecule has 0 aliphatic carbocycles. The summed E-state index contributed by atoms with van der Waals surface area (Å²) in [5.74, 6) is -1.56. The van der Waals surface area contributed by atoms with Crippen LogP contribution in [0.15, 0.2) is 34.2 Å². The number of aliphatic carboxylic acids is 1. The second-order valence-corrected chi connectivity index (χ2v) is 11.2. The molecule has 2 N–H and O–H groups in total.